The summed E-state index contributed by atoms with van der Waals surface area (Å²) in [5.41, 5.74) is 2.70. The number of ether oxygens (including phenoxy) is 2. The fourth-order valence-electron chi connectivity index (χ4n) is 4.18. The quantitative estimate of drug-likeness (QED) is 0.312. The number of hydrogen-bond acceptors (Lipinski definition) is 8. The number of aromatic nitrogens is 5. The van der Waals surface area contributed by atoms with Gasteiger partial charge in [-0.3, -0.25) is 4.57 Å². The van der Waals surface area contributed by atoms with E-state index >= 15 is 0 Å². The van der Waals surface area contributed by atoms with Gasteiger partial charge in [-0.2, -0.15) is 0 Å². The van der Waals surface area contributed by atoms with Crippen LogP contribution < -0.4 is 9.47 Å². The molecular formula is C25H18F3N5O5. The van der Waals surface area contributed by atoms with Gasteiger partial charge in [0.15, 0.2) is 0 Å². The fourth-order valence-corrected chi connectivity index (χ4v) is 4.18. The van der Waals surface area contributed by atoms with Crippen LogP contribution in [0.4, 0.5) is 13.2 Å². The van der Waals surface area contributed by atoms with Crippen molar-refractivity contribution in [2.24, 2.45) is 0 Å². The predicted octanol–water partition coefficient (Wildman–Crippen LogP) is 5.36. The summed E-state index contributed by atoms with van der Waals surface area (Å²) in [4.78, 5) is 24.3. The van der Waals surface area contributed by atoms with Crippen molar-refractivity contribution in [2.75, 3.05) is 7.11 Å². The highest BCUT2D eigenvalue weighted by Gasteiger charge is 2.33. The number of rotatable bonds is 6. The van der Waals surface area contributed by atoms with Gasteiger partial charge in [-0.25, -0.2) is 19.7 Å². The third kappa shape index (κ3) is 4.49. The molecule has 0 unspecified atom stereocenters. The first-order valence-corrected chi connectivity index (χ1v) is 11.0. The number of alkyl halides is 3. The van der Waals surface area contributed by atoms with Gasteiger partial charge in [0.05, 0.1) is 36.4 Å². The molecule has 0 bridgehead atoms. The Bertz CT molecular complexity index is 1660. The van der Waals surface area contributed by atoms with E-state index in [1.54, 1.807) is 36.9 Å². The van der Waals surface area contributed by atoms with Crippen LogP contribution in [0.1, 0.15) is 21.8 Å². The van der Waals surface area contributed by atoms with Crippen molar-refractivity contribution < 1.29 is 37.1 Å². The zero-order chi connectivity index (χ0) is 27.2. The van der Waals surface area contributed by atoms with Gasteiger partial charge >= 0.3 is 18.3 Å². The highest BCUT2D eigenvalue weighted by molar-refractivity contribution is 5.99. The number of hydrogen-bond donors (Lipinski definition) is 1. The molecule has 0 fully saturated rings. The molecular weight excluding hydrogens is 507 g/mol. The maximum absolute atomic E-state index is 13.3. The van der Waals surface area contributed by atoms with Crippen LogP contribution in [0.2, 0.25) is 0 Å². The predicted molar refractivity (Wildman–Crippen MR) is 127 cm³/mol. The monoisotopic (exact) mass is 525 g/mol. The van der Waals surface area contributed by atoms with Crippen LogP contribution in [0.25, 0.3) is 39.0 Å². The molecule has 0 radical (unpaired) electrons. The molecule has 38 heavy (non-hydrogen) atoms. The van der Waals surface area contributed by atoms with Crippen LogP contribution in [0.3, 0.4) is 0 Å². The first-order chi connectivity index (χ1) is 18.1. The first kappa shape index (κ1) is 24.7. The van der Waals surface area contributed by atoms with Crippen LogP contribution in [-0.2, 0) is 0 Å². The molecule has 0 aliphatic carbocycles. The van der Waals surface area contributed by atoms with Gasteiger partial charge in [-0.1, -0.05) is 5.16 Å². The Morgan fingerprint density at radius 3 is 2.39 bits per heavy atom. The molecule has 0 atom stereocenters. The molecule has 0 aliphatic heterocycles. The summed E-state index contributed by atoms with van der Waals surface area (Å²) in [6.45, 7) is 3.50. The molecule has 13 heteroatoms. The molecule has 4 heterocycles. The minimum atomic E-state index is -5.06. The van der Waals surface area contributed by atoms with Crippen LogP contribution >= 0.6 is 0 Å². The standard InChI is InChI=1S/C25H18F3N5O5/c1-12-21(13(2)38-32-12)15-6-18-19(17-5-4-14(23(34)35)7-20(17)37-25(26,27)28)11-33(22(18)29-8-15)16-9-30-24(36-3)31-10-16/h4-11H,1-3H3,(H,34,35). The second-order valence-corrected chi connectivity index (χ2v) is 8.20. The fraction of sp³-hybridized carbons (Fsp3) is 0.160. The first-order valence-electron chi connectivity index (χ1n) is 11.0. The number of carboxylic acid groups (broad SMARTS) is 1. The van der Waals surface area contributed by atoms with Gasteiger partial charge in [-0.05, 0) is 38.1 Å². The summed E-state index contributed by atoms with van der Waals surface area (Å²) in [6.07, 6.45) is 1.03. The second-order valence-electron chi connectivity index (χ2n) is 8.20. The van der Waals surface area contributed by atoms with Crippen molar-refractivity contribution in [1.29, 1.82) is 0 Å². The lowest BCUT2D eigenvalue weighted by Crippen LogP contribution is -2.18. The van der Waals surface area contributed by atoms with Crippen molar-refractivity contribution in [1.82, 2.24) is 24.7 Å². The molecule has 0 saturated carbocycles. The van der Waals surface area contributed by atoms with E-state index in [2.05, 4.69) is 24.8 Å². The number of halogens is 3. The summed E-state index contributed by atoms with van der Waals surface area (Å²) in [6, 6.07) is 5.16. The van der Waals surface area contributed by atoms with Gasteiger partial charge in [-0.15, -0.1) is 13.2 Å². The molecule has 194 valence electrons. The summed E-state index contributed by atoms with van der Waals surface area (Å²) in [5.74, 6) is -1.53. The van der Waals surface area contributed by atoms with Gasteiger partial charge in [0.2, 0.25) is 0 Å². The number of fused-ring (bicyclic) bond motifs is 1. The maximum atomic E-state index is 13.3. The maximum Gasteiger partial charge on any atom is 0.573 e. The van der Waals surface area contributed by atoms with E-state index in [9.17, 15) is 23.1 Å². The average Bonchev–Trinajstić information content (AvgIpc) is 3.42. The van der Waals surface area contributed by atoms with Crippen molar-refractivity contribution in [2.45, 2.75) is 20.2 Å². The molecule has 4 aromatic heterocycles. The third-order valence-electron chi connectivity index (χ3n) is 5.78. The third-order valence-corrected chi connectivity index (χ3v) is 5.78. The molecule has 10 nitrogen and oxygen atoms in total. The molecule has 0 spiro atoms. The Labute approximate surface area is 212 Å². The molecule has 0 saturated heterocycles. The number of pyridine rings is 1. The lowest BCUT2D eigenvalue weighted by molar-refractivity contribution is -0.274. The summed E-state index contributed by atoms with van der Waals surface area (Å²) < 4.78 is 56.1. The summed E-state index contributed by atoms with van der Waals surface area (Å²) in [5, 5.41) is 13.8. The van der Waals surface area contributed by atoms with Gasteiger partial charge < -0.3 is 19.1 Å². The topological polar surface area (TPSA) is 125 Å². The van der Waals surface area contributed by atoms with E-state index in [-0.39, 0.29) is 17.1 Å². The lowest BCUT2D eigenvalue weighted by Gasteiger charge is -2.14. The Kier molecular flexibility index (Phi) is 5.97. The van der Waals surface area contributed by atoms with E-state index in [4.69, 9.17) is 9.26 Å². The molecule has 5 rings (SSSR count). The minimum absolute atomic E-state index is 0.00298. The van der Waals surface area contributed by atoms with Crippen molar-refractivity contribution >= 4 is 17.0 Å². The zero-order valence-corrected chi connectivity index (χ0v) is 20.1. The van der Waals surface area contributed by atoms with Crippen LogP contribution in [-0.4, -0.2) is 49.2 Å². The Balaban J connectivity index is 1.80. The van der Waals surface area contributed by atoms with Crippen LogP contribution in [0.15, 0.2) is 53.6 Å². The molecule has 1 N–H and O–H groups in total. The van der Waals surface area contributed by atoms with Gasteiger partial charge in [0.1, 0.15) is 17.2 Å². The van der Waals surface area contributed by atoms with Crippen molar-refractivity contribution in [3.05, 3.63) is 66.1 Å². The van der Waals surface area contributed by atoms with Crippen molar-refractivity contribution in [3.63, 3.8) is 0 Å². The van der Waals surface area contributed by atoms with Crippen LogP contribution in [0, 0.1) is 13.8 Å². The number of aromatic carboxylic acids is 1. The largest absolute Gasteiger partial charge is 0.573 e. The summed E-state index contributed by atoms with van der Waals surface area (Å²) in [7, 11) is 1.42. The highest BCUT2D eigenvalue weighted by Crippen LogP contribution is 2.41. The molecule has 1 aromatic carbocycles. The van der Waals surface area contributed by atoms with Gasteiger partial charge in [0.25, 0.3) is 0 Å². The minimum Gasteiger partial charge on any atom is -0.478 e. The number of carboxylic acids is 1. The van der Waals surface area contributed by atoms with Crippen LogP contribution in [0.5, 0.6) is 11.8 Å². The number of carbonyl (C=O) groups is 1. The SMILES string of the molecule is COc1ncc(-n2cc(-c3ccc(C(=O)O)cc3OC(F)(F)F)c3cc(-c4c(C)noc4C)cnc32)cn1. The number of aryl methyl sites for hydroxylation is 2. The summed E-state index contributed by atoms with van der Waals surface area (Å²) >= 11 is 0. The normalized spacial score (nSPS) is 11.6. The lowest BCUT2D eigenvalue weighted by atomic mass is 10.00. The number of methoxy groups -OCH3 is 1. The Hall–Kier alpha value is -4.94. The number of nitrogens with zero attached hydrogens (tertiary/aromatic N) is 5. The number of benzene rings is 1. The zero-order valence-electron chi connectivity index (χ0n) is 20.1. The van der Waals surface area contributed by atoms with Crippen molar-refractivity contribution in [3.8, 4) is 39.7 Å². The van der Waals surface area contributed by atoms with E-state index in [0.29, 0.717) is 44.9 Å². The van der Waals surface area contributed by atoms with E-state index < -0.39 is 18.1 Å². The van der Waals surface area contributed by atoms with E-state index in [1.165, 1.54) is 31.6 Å². The smallest absolute Gasteiger partial charge is 0.478 e. The average molecular weight is 525 g/mol. The molecule has 5 aromatic rings. The molecule has 0 amide bonds. The van der Waals surface area contributed by atoms with E-state index in [0.717, 1.165) is 6.07 Å². The van der Waals surface area contributed by atoms with Gasteiger partial charge in [0, 0.05) is 40.0 Å². The van der Waals surface area contributed by atoms with E-state index in [1.807, 2.05) is 0 Å². The Morgan fingerprint density at radius 1 is 1.05 bits per heavy atom. The second kappa shape index (κ2) is 9.18. The highest BCUT2D eigenvalue weighted by atomic mass is 19.4. The Morgan fingerprint density at radius 2 is 1.79 bits per heavy atom. The molecule has 0 aliphatic rings.